The van der Waals surface area contributed by atoms with E-state index >= 15 is 0 Å². The van der Waals surface area contributed by atoms with Gasteiger partial charge in [0.1, 0.15) is 5.75 Å². The van der Waals surface area contributed by atoms with Gasteiger partial charge >= 0.3 is 0 Å². The Balaban J connectivity index is 1.54. The Hall–Kier alpha value is -1.55. The standard InChI is InChI=1S/C23H36N2O2/c1-23(2,3)12-16-24-13-8-9-19(17-24)18-27-21-11-5-4-10-20(21)22(26)25-14-6-7-15-25/h4-5,10-11,19H,6-9,12-18H2,1-3H3. The SMILES string of the molecule is CC(C)(C)CCN1CCCC(COc2ccccc2C(=O)N2CCCC2)C1. The number of nitrogens with zero attached hydrogens (tertiary/aromatic N) is 2. The van der Waals surface area contributed by atoms with E-state index in [9.17, 15) is 4.79 Å². The first-order valence-electron chi connectivity index (χ1n) is 10.7. The van der Waals surface area contributed by atoms with Gasteiger partial charge in [0.05, 0.1) is 12.2 Å². The molecule has 0 radical (unpaired) electrons. The van der Waals surface area contributed by atoms with Crippen molar-refractivity contribution in [1.82, 2.24) is 9.80 Å². The Morgan fingerprint density at radius 2 is 1.85 bits per heavy atom. The van der Waals surface area contributed by atoms with Crippen LogP contribution in [-0.2, 0) is 0 Å². The minimum absolute atomic E-state index is 0.124. The van der Waals surface area contributed by atoms with Gasteiger partial charge < -0.3 is 14.5 Å². The molecule has 3 rings (SSSR count). The summed E-state index contributed by atoms with van der Waals surface area (Å²) in [5.74, 6) is 1.42. The predicted octanol–water partition coefficient (Wildman–Crippen LogP) is 4.45. The first-order chi connectivity index (χ1) is 12.9. The highest BCUT2D eigenvalue weighted by atomic mass is 16.5. The van der Waals surface area contributed by atoms with Gasteiger partial charge in [-0.3, -0.25) is 4.79 Å². The van der Waals surface area contributed by atoms with Gasteiger partial charge in [0.15, 0.2) is 0 Å². The van der Waals surface area contributed by atoms with Crippen molar-refractivity contribution in [2.75, 3.05) is 39.3 Å². The number of rotatable bonds is 6. The molecule has 0 saturated carbocycles. The molecule has 0 aromatic heterocycles. The van der Waals surface area contributed by atoms with Crippen LogP contribution in [0.3, 0.4) is 0 Å². The Morgan fingerprint density at radius 3 is 2.59 bits per heavy atom. The van der Waals surface area contributed by atoms with E-state index in [-0.39, 0.29) is 5.91 Å². The fourth-order valence-corrected chi connectivity index (χ4v) is 4.05. The maximum absolute atomic E-state index is 12.8. The van der Waals surface area contributed by atoms with E-state index < -0.39 is 0 Å². The van der Waals surface area contributed by atoms with E-state index in [0.29, 0.717) is 17.9 Å². The van der Waals surface area contributed by atoms with E-state index in [0.717, 1.165) is 43.8 Å². The molecular formula is C23H36N2O2. The van der Waals surface area contributed by atoms with Gasteiger partial charge in [-0.1, -0.05) is 32.9 Å². The first-order valence-corrected chi connectivity index (χ1v) is 10.7. The fourth-order valence-electron chi connectivity index (χ4n) is 4.05. The van der Waals surface area contributed by atoms with Crippen molar-refractivity contribution in [3.63, 3.8) is 0 Å². The lowest BCUT2D eigenvalue weighted by molar-refractivity contribution is 0.0784. The Labute approximate surface area is 164 Å². The molecule has 1 unspecified atom stereocenters. The Morgan fingerprint density at radius 1 is 1.11 bits per heavy atom. The van der Waals surface area contributed by atoms with Crippen LogP contribution < -0.4 is 4.74 Å². The zero-order chi connectivity index (χ0) is 19.3. The van der Waals surface area contributed by atoms with Gasteiger partial charge in [-0.2, -0.15) is 0 Å². The van der Waals surface area contributed by atoms with Crippen molar-refractivity contribution < 1.29 is 9.53 Å². The van der Waals surface area contributed by atoms with Crippen LogP contribution >= 0.6 is 0 Å². The van der Waals surface area contributed by atoms with Crippen molar-refractivity contribution in [1.29, 1.82) is 0 Å². The molecule has 0 bridgehead atoms. The second-order valence-corrected chi connectivity index (χ2v) is 9.43. The number of carbonyl (C=O) groups excluding carboxylic acids is 1. The molecule has 2 aliphatic rings. The molecule has 1 aromatic carbocycles. The lowest BCUT2D eigenvalue weighted by atomic mass is 9.91. The average Bonchev–Trinajstić information content (AvgIpc) is 3.19. The molecule has 2 heterocycles. The minimum atomic E-state index is 0.124. The summed E-state index contributed by atoms with van der Waals surface area (Å²) in [7, 11) is 0. The summed E-state index contributed by atoms with van der Waals surface area (Å²) in [6.07, 6.45) is 5.91. The van der Waals surface area contributed by atoms with E-state index in [4.69, 9.17) is 4.74 Å². The summed E-state index contributed by atoms with van der Waals surface area (Å²) < 4.78 is 6.18. The van der Waals surface area contributed by atoms with Crippen LogP contribution in [0.2, 0.25) is 0 Å². The van der Waals surface area contributed by atoms with E-state index in [2.05, 4.69) is 25.7 Å². The molecule has 2 aliphatic heterocycles. The topological polar surface area (TPSA) is 32.8 Å². The third-order valence-electron chi connectivity index (χ3n) is 5.77. The van der Waals surface area contributed by atoms with E-state index in [1.54, 1.807) is 0 Å². The van der Waals surface area contributed by atoms with Gasteiger partial charge in [0.25, 0.3) is 5.91 Å². The first kappa shape index (κ1) is 20.2. The zero-order valence-corrected chi connectivity index (χ0v) is 17.4. The van der Waals surface area contributed by atoms with Crippen LogP contribution in [-0.4, -0.2) is 55.0 Å². The number of hydrogen-bond acceptors (Lipinski definition) is 3. The molecule has 0 spiro atoms. The smallest absolute Gasteiger partial charge is 0.257 e. The van der Waals surface area contributed by atoms with E-state index in [1.807, 2.05) is 29.2 Å². The molecular weight excluding hydrogens is 336 g/mol. The number of ether oxygens (including phenoxy) is 1. The lowest BCUT2D eigenvalue weighted by Gasteiger charge is -2.34. The third-order valence-corrected chi connectivity index (χ3v) is 5.77. The van der Waals surface area contributed by atoms with Gasteiger partial charge in [-0.15, -0.1) is 0 Å². The number of likely N-dealkylation sites (tertiary alicyclic amines) is 2. The van der Waals surface area contributed by atoms with Crippen molar-refractivity contribution >= 4 is 5.91 Å². The molecule has 1 aromatic rings. The highest BCUT2D eigenvalue weighted by Gasteiger charge is 2.24. The molecule has 0 aliphatic carbocycles. The number of piperidine rings is 1. The van der Waals surface area contributed by atoms with Crippen LogP contribution in [0.1, 0.15) is 63.2 Å². The maximum Gasteiger partial charge on any atom is 0.257 e. The summed E-state index contributed by atoms with van der Waals surface area (Å²) >= 11 is 0. The lowest BCUT2D eigenvalue weighted by Crippen LogP contribution is -2.39. The summed E-state index contributed by atoms with van der Waals surface area (Å²) in [5.41, 5.74) is 1.11. The normalized spacial score (nSPS) is 21.4. The molecule has 2 fully saturated rings. The average molecular weight is 373 g/mol. The summed E-state index contributed by atoms with van der Waals surface area (Å²) in [6, 6.07) is 7.76. The second kappa shape index (κ2) is 9.09. The maximum atomic E-state index is 12.8. The molecule has 2 saturated heterocycles. The van der Waals surface area contributed by atoms with Gasteiger partial charge in [-0.25, -0.2) is 0 Å². The minimum Gasteiger partial charge on any atom is -0.492 e. The van der Waals surface area contributed by atoms with Gasteiger partial charge in [0, 0.05) is 25.6 Å². The largest absolute Gasteiger partial charge is 0.492 e. The Bertz CT molecular complexity index is 617. The summed E-state index contributed by atoms with van der Waals surface area (Å²) in [5, 5.41) is 0. The molecule has 0 N–H and O–H groups in total. The van der Waals surface area contributed by atoms with Crippen LogP contribution in [0.15, 0.2) is 24.3 Å². The zero-order valence-electron chi connectivity index (χ0n) is 17.4. The van der Waals surface area contributed by atoms with Crippen molar-refractivity contribution in [2.45, 2.75) is 52.9 Å². The Kier molecular flexibility index (Phi) is 6.80. The summed E-state index contributed by atoms with van der Waals surface area (Å²) in [4.78, 5) is 17.3. The van der Waals surface area contributed by atoms with Crippen molar-refractivity contribution in [2.24, 2.45) is 11.3 Å². The van der Waals surface area contributed by atoms with Crippen LogP contribution in [0.5, 0.6) is 5.75 Å². The van der Waals surface area contributed by atoms with Crippen molar-refractivity contribution in [3.05, 3.63) is 29.8 Å². The predicted molar refractivity (Wildman–Crippen MR) is 110 cm³/mol. The van der Waals surface area contributed by atoms with Gasteiger partial charge in [-0.05, 0) is 62.7 Å². The van der Waals surface area contributed by atoms with Crippen LogP contribution in [0.25, 0.3) is 0 Å². The number of para-hydroxylation sites is 1. The molecule has 150 valence electrons. The molecule has 27 heavy (non-hydrogen) atoms. The number of carbonyl (C=O) groups is 1. The molecule has 4 heteroatoms. The number of amides is 1. The molecule has 1 atom stereocenters. The van der Waals surface area contributed by atoms with Crippen LogP contribution in [0, 0.1) is 11.3 Å². The fraction of sp³-hybridized carbons (Fsp3) is 0.696. The monoisotopic (exact) mass is 372 g/mol. The number of benzene rings is 1. The van der Waals surface area contributed by atoms with Gasteiger partial charge in [0.2, 0.25) is 0 Å². The molecule has 1 amide bonds. The van der Waals surface area contributed by atoms with Crippen molar-refractivity contribution in [3.8, 4) is 5.75 Å². The summed E-state index contributed by atoms with van der Waals surface area (Å²) in [6.45, 7) is 12.9. The van der Waals surface area contributed by atoms with E-state index in [1.165, 1.54) is 32.4 Å². The quantitative estimate of drug-likeness (QED) is 0.739. The third kappa shape index (κ3) is 5.97. The van der Waals surface area contributed by atoms with Crippen LogP contribution in [0.4, 0.5) is 0 Å². The highest BCUT2D eigenvalue weighted by molar-refractivity contribution is 5.97. The number of hydrogen-bond donors (Lipinski definition) is 0. The second-order valence-electron chi connectivity index (χ2n) is 9.43. The highest BCUT2D eigenvalue weighted by Crippen LogP contribution is 2.25. The molecule has 4 nitrogen and oxygen atoms in total.